The Bertz CT molecular complexity index is 476. The number of para-hydroxylation sites is 1. The van der Waals surface area contributed by atoms with Crippen LogP contribution in [0.3, 0.4) is 0 Å². The Hall–Kier alpha value is -0.930. The van der Waals surface area contributed by atoms with E-state index in [1.165, 1.54) is 28.0 Å². The van der Waals surface area contributed by atoms with E-state index in [2.05, 4.69) is 47.3 Å². The Morgan fingerprint density at radius 1 is 1.29 bits per heavy atom. The smallest absolute Gasteiger partial charge is 0.0483 e. The first-order valence-corrected chi connectivity index (χ1v) is 7.31. The summed E-state index contributed by atoms with van der Waals surface area (Å²) in [5.41, 5.74) is 2.75. The number of nitrogens with zero attached hydrogens (tertiary/aromatic N) is 1. The zero-order valence-electron chi connectivity index (χ0n) is 10.6. The van der Waals surface area contributed by atoms with Crippen molar-refractivity contribution in [1.82, 2.24) is 9.88 Å². The molecule has 0 bridgehead atoms. The third-order valence-electron chi connectivity index (χ3n) is 2.92. The molecule has 0 saturated carbocycles. The maximum Gasteiger partial charge on any atom is 0.0483 e. The largest absolute Gasteiger partial charge is 0.346 e. The number of hydrogen-bond acceptors (Lipinski definition) is 2. The number of thioether (sulfide) groups is 1. The van der Waals surface area contributed by atoms with E-state index >= 15 is 0 Å². The Morgan fingerprint density at radius 3 is 2.88 bits per heavy atom. The Balaban J connectivity index is 2.28. The lowest BCUT2D eigenvalue weighted by atomic mass is 10.2. The van der Waals surface area contributed by atoms with Crippen molar-refractivity contribution in [2.24, 2.45) is 0 Å². The number of aromatic nitrogens is 1. The highest BCUT2D eigenvalue weighted by Gasteiger charge is 2.06. The highest BCUT2D eigenvalue weighted by atomic mass is 32.2. The number of hydrogen-bond donors (Lipinski definition) is 1. The molecule has 3 heteroatoms. The standard InChI is InChI=1S/C14H20N2S/c1-3-17-9-8-16-11-12(10-15-2)13-6-4-5-7-14(13)16/h4-7,11,15H,3,8-10H2,1-2H3. The molecule has 0 fully saturated rings. The summed E-state index contributed by atoms with van der Waals surface area (Å²) < 4.78 is 2.38. The van der Waals surface area contributed by atoms with E-state index in [9.17, 15) is 0 Å². The fourth-order valence-electron chi connectivity index (χ4n) is 2.15. The molecule has 2 nitrogen and oxygen atoms in total. The summed E-state index contributed by atoms with van der Waals surface area (Å²) in [5, 5.41) is 4.62. The first-order valence-electron chi connectivity index (χ1n) is 6.16. The summed E-state index contributed by atoms with van der Waals surface area (Å²) >= 11 is 2.00. The van der Waals surface area contributed by atoms with Gasteiger partial charge >= 0.3 is 0 Å². The summed E-state index contributed by atoms with van der Waals surface area (Å²) in [7, 11) is 2.00. The van der Waals surface area contributed by atoms with Crippen LogP contribution in [-0.2, 0) is 13.1 Å². The highest BCUT2D eigenvalue weighted by molar-refractivity contribution is 7.99. The molecular weight excluding hydrogens is 228 g/mol. The van der Waals surface area contributed by atoms with E-state index in [0.717, 1.165) is 13.1 Å². The molecule has 0 unspecified atom stereocenters. The summed E-state index contributed by atoms with van der Waals surface area (Å²) in [4.78, 5) is 0. The quantitative estimate of drug-likeness (QED) is 0.791. The first kappa shape index (κ1) is 12.5. The topological polar surface area (TPSA) is 17.0 Å². The number of nitrogens with one attached hydrogen (secondary N) is 1. The fraction of sp³-hybridized carbons (Fsp3) is 0.429. The van der Waals surface area contributed by atoms with Gasteiger partial charge in [0.1, 0.15) is 0 Å². The molecule has 0 aliphatic carbocycles. The van der Waals surface area contributed by atoms with Crippen molar-refractivity contribution in [3.05, 3.63) is 36.0 Å². The number of benzene rings is 1. The van der Waals surface area contributed by atoms with Gasteiger partial charge in [0, 0.05) is 35.9 Å². The van der Waals surface area contributed by atoms with Crippen LogP contribution in [0.1, 0.15) is 12.5 Å². The molecule has 1 aromatic carbocycles. The van der Waals surface area contributed by atoms with Crippen LogP contribution < -0.4 is 5.32 Å². The maximum atomic E-state index is 3.24. The molecule has 2 rings (SSSR count). The van der Waals surface area contributed by atoms with Crippen LogP contribution in [0.15, 0.2) is 30.5 Å². The van der Waals surface area contributed by atoms with E-state index in [0.29, 0.717) is 0 Å². The molecule has 1 heterocycles. The van der Waals surface area contributed by atoms with E-state index < -0.39 is 0 Å². The van der Waals surface area contributed by atoms with Gasteiger partial charge in [0.2, 0.25) is 0 Å². The van der Waals surface area contributed by atoms with Gasteiger partial charge < -0.3 is 9.88 Å². The molecule has 0 spiro atoms. The van der Waals surface area contributed by atoms with E-state index in [1.54, 1.807) is 0 Å². The van der Waals surface area contributed by atoms with Crippen molar-refractivity contribution in [2.45, 2.75) is 20.0 Å². The molecule has 92 valence electrons. The fourth-order valence-corrected chi connectivity index (χ4v) is 2.76. The predicted octanol–water partition coefficient (Wildman–Crippen LogP) is 3.11. The van der Waals surface area contributed by atoms with Gasteiger partial charge in [-0.2, -0.15) is 11.8 Å². The summed E-state index contributed by atoms with van der Waals surface area (Å²) in [6, 6.07) is 8.66. The van der Waals surface area contributed by atoms with Crippen molar-refractivity contribution in [2.75, 3.05) is 18.6 Å². The highest BCUT2D eigenvalue weighted by Crippen LogP contribution is 2.21. The first-order chi connectivity index (χ1) is 8.36. The van der Waals surface area contributed by atoms with Crippen LogP contribution in [0.2, 0.25) is 0 Å². The molecule has 2 aromatic rings. The van der Waals surface area contributed by atoms with Gasteiger partial charge in [-0.15, -0.1) is 0 Å². The van der Waals surface area contributed by atoms with Crippen molar-refractivity contribution in [3.8, 4) is 0 Å². The van der Waals surface area contributed by atoms with Crippen LogP contribution in [-0.4, -0.2) is 23.1 Å². The second-order valence-electron chi connectivity index (χ2n) is 4.09. The molecular formula is C14H20N2S. The minimum absolute atomic E-state index is 0.939. The molecule has 0 atom stereocenters. The molecule has 0 saturated heterocycles. The molecule has 0 radical (unpaired) electrons. The van der Waals surface area contributed by atoms with E-state index in [-0.39, 0.29) is 0 Å². The monoisotopic (exact) mass is 248 g/mol. The maximum absolute atomic E-state index is 3.24. The molecule has 1 aromatic heterocycles. The van der Waals surface area contributed by atoms with E-state index in [1.807, 2.05) is 18.8 Å². The van der Waals surface area contributed by atoms with Crippen LogP contribution >= 0.6 is 11.8 Å². The molecule has 1 N–H and O–H groups in total. The zero-order chi connectivity index (χ0) is 12.1. The Morgan fingerprint density at radius 2 is 2.12 bits per heavy atom. The lowest BCUT2D eigenvalue weighted by molar-refractivity contribution is 0.781. The summed E-state index contributed by atoms with van der Waals surface area (Å²) in [6.07, 6.45) is 2.29. The van der Waals surface area contributed by atoms with Gasteiger partial charge in [0.25, 0.3) is 0 Å². The van der Waals surface area contributed by atoms with Gasteiger partial charge in [0.05, 0.1) is 0 Å². The Labute approximate surface area is 107 Å². The molecule has 17 heavy (non-hydrogen) atoms. The SMILES string of the molecule is CCSCCn1cc(CNC)c2ccccc21. The number of aryl methyl sites for hydroxylation is 1. The van der Waals surface area contributed by atoms with Crippen LogP contribution in [0, 0.1) is 0 Å². The lowest BCUT2D eigenvalue weighted by Gasteiger charge is -2.03. The lowest BCUT2D eigenvalue weighted by Crippen LogP contribution is -2.04. The average molecular weight is 248 g/mol. The third-order valence-corrected chi connectivity index (χ3v) is 3.80. The molecule has 0 aliphatic heterocycles. The van der Waals surface area contributed by atoms with Crippen molar-refractivity contribution >= 4 is 22.7 Å². The second kappa shape index (κ2) is 6.12. The molecule has 0 aliphatic rings. The van der Waals surface area contributed by atoms with Gasteiger partial charge in [-0.3, -0.25) is 0 Å². The average Bonchev–Trinajstić information content (AvgIpc) is 2.70. The van der Waals surface area contributed by atoms with Crippen molar-refractivity contribution in [3.63, 3.8) is 0 Å². The third kappa shape index (κ3) is 2.85. The van der Waals surface area contributed by atoms with Gasteiger partial charge in [-0.1, -0.05) is 25.1 Å². The van der Waals surface area contributed by atoms with E-state index in [4.69, 9.17) is 0 Å². The van der Waals surface area contributed by atoms with Gasteiger partial charge in [0.15, 0.2) is 0 Å². The summed E-state index contributed by atoms with van der Waals surface area (Å²) in [5.74, 6) is 2.39. The van der Waals surface area contributed by atoms with Gasteiger partial charge in [-0.25, -0.2) is 0 Å². The summed E-state index contributed by atoms with van der Waals surface area (Å²) in [6.45, 7) is 4.25. The molecule has 0 amide bonds. The minimum atomic E-state index is 0.939. The van der Waals surface area contributed by atoms with Crippen LogP contribution in [0.5, 0.6) is 0 Å². The number of rotatable bonds is 6. The second-order valence-corrected chi connectivity index (χ2v) is 5.49. The van der Waals surface area contributed by atoms with Crippen LogP contribution in [0.4, 0.5) is 0 Å². The zero-order valence-corrected chi connectivity index (χ0v) is 11.4. The van der Waals surface area contributed by atoms with Crippen LogP contribution in [0.25, 0.3) is 10.9 Å². The van der Waals surface area contributed by atoms with Gasteiger partial charge in [-0.05, 0) is 24.4 Å². The van der Waals surface area contributed by atoms with Crippen molar-refractivity contribution < 1.29 is 0 Å². The minimum Gasteiger partial charge on any atom is -0.346 e. The van der Waals surface area contributed by atoms with Crippen molar-refractivity contribution in [1.29, 1.82) is 0 Å². The predicted molar refractivity (Wildman–Crippen MR) is 77.7 cm³/mol. The normalized spacial score (nSPS) is 11.2. The Kier molecular flexibility index (Phi) is 4.51. The number of fused-ring (bicyclic) bond motifs is 1.